The van der Waals surface area contributed by atoms with E-state index in [0.717, 1.165) is 66.4 Å². The molecule has 0 aliphatic heterocycles. The molecule has 2 heterocycles. The molecule has 0 spiro atoms. The largest absolute Gasteiger partial charge is 0.456 e. The molecular formula is C55H35N3O. The Morgan fingerprint density at radius 1 is 0.271 bits per heavy atom. The Hall–Kier alpha value is -7.95. The maximum absolute atomic E-state index is 6.52. The molecule has 4 heteroatoms. The first-order valence-electron chi connectivity index (χ1n) is 19.8. The molecule has 0 fully saturated rings. The second kappa shape index (κ2) is 14.5. The van der Waals surface area contributed by atoms with Crippen LogP contribution in [0.1, 0.15) is 0 Å². The zero-order chi connectivity index (χ0) is 39.1. The van der Waals surface area contributed by atoms with Crippen molar-refractivity contribution in [2.24, 2.45) is 0 Å². The summed E-state index contributed by atoms with van der Waals surface area (Å²) in [5.74, 6) is 1.88. The Morgan fingerprint density at radius 3 is 1.41 bits per heavy atom. The molecule has 276 valence electrons. The van der Waals surface area contributed by atoms with E-state index in [9.17, 15) is 0 Å². The standard InChI is InChI=1S/C55H35N3O/c1-3-11-36(12-4-1)44-17-9-18-47(34-44)48-19-10-20-50-52(48)49-32-31-46(35-51(49)59-50)39-23-28-42(29-24-39)55-57-53(40-14-5-2-6-15-40)56-54(58-55)41-26-21-38(22-27-41)45-30-25-37-13-7-8-16-43(37)33-45/h1-35H. The van der Waals surface area contributed by atoms with Gasteiger partial charge in [0.2, 0.25) is 0 Å². The quantitative estimate of drug-likeness (QED) is 0.163. The Morgan fingerprint density at radius 2 is 0.729 bits per heavy atom. The van der Waals surface area contributed by atoms with Crippen LogP contribution in [0.15, 0.2) is 217 Å². The number of furan rings is 1. The lowest BCUT2D eigenvalue weighted by Crippen LogP contribution is -2.00. The van der Waals surface area contributed by atoms with Crippen molar-refractivity contribution in [3.63, 3.8) is 0 Å². The van der Waals surface area contributed by atoms with Gasteiger partial charge in [-0.25, -0.2) is 15.0 Å². The van der Waals surface area contributed by atoms with E-state index < -0.39 is 0 Å². The molecule has 0 aliphatic carbocycles. The fourth-order valence-electron chi connectivity index (χ4n) is 8.09. The first kappa shape index (κ1) is 34.3. The number of hydrogen-bond acceptors (Lipinski definition) is 4. The highest BCUT2D eigenvalue weighted by molar-refractivity contribution is 6.13. The number of rotatable bonds is 7. The molecule has 0 unspecified atom stereocenters. The predicted octanol–water partition coefficient (Wildman–Crippen LogP) is 14.6. The van der Waals surface area contributed by atoms with E-state index >= 15 is 0 Å². The fraction of sp³-hybridized carbons (Fsp3) is 0. The van der Waals surface area contributed by atoms with E-state index in [4.69, 9.17) is 19.4 Å². The second-order valence-corrected chi connectivity index (χ2v) is 14.8. The van der Waals surface area contributed by atoms with Gasteiger partial charge in [0.1, 0.15) is 11.2 Å². The van der Waals surface area contributed by atoms with E-state index in [0.29, 0.717) is 17.5 Å². The van der Waals surface area contributed by atoms with Gasteiger partial charge in [-0.3, -0.25) is 0 Å². The first-order chi connectivity index (χ1) is 29.2. The van der Waals surface area contributed by atoms with Crippen LogP contribution in [0.4, 0.5) is 0 Å². The molecule has 0 N–H and O–H groups in total. The van der Waals surface area contributed by atoms with Crippen molar-refractivity contribution >= 4 is 32.7 Å². The van der Waals surface area contributed by atoms with Crippen molar-refractivity contribution in [2.75, 3.05) is 0 Å². The van der Waals surface area contributed by atoms with Gasteiger partial charge in [0.05, 0.1) is 0 Å². The van der Waals surface area contributed by atoms with Crippen molar-refractivity contribution in [1.82, 2.24) is 15.0 Å². The maximum Gasteiger partial charge on any atom is 0.164 e. The molecule has 11 rings (SSSR count). The lowest BCUT2D eigenvalue weighted by atomic mass is 9.95. The number of benzene rings is 9. The minimum atomic E-state index is 0.621. The van der Waals surface area contributed by atoms with E-state index in [1.165, 1.54) is 27.5 Å². The van der Waals surface area contributed by atoms with Gasteiger partial charge >= 0.3 is 0 Å². The minimum absolute atomic E-state index is 0.621. The third-order valence-electron chi connectivity index (χ3n) is 11.1. The average Bonchev–Trinajstić information content (AvgIpc) is 3.70. The Kier molecular flexibility index (Phi) is 8.45. The smallest absolute Gasteiger partial charge is 0.164 e. The van der Waals surface area contributed by atoms with Crippen molar-refractivity contribution in [3.8, 4) is 78.7 Å². The van der Waals surface area contributed by atoms with E-state index in [1.807, 2.05) is 30.3 Å². The van der Waals surface area contributed by atoms with Crippen LogP contribution in [0.5, 0.6) is 0 Å². The molecule has 0 bridgehead atoms. The summed E-state index contributed by atoms with van der Waals surface area (Å²) >= 11 is 0. The molecule has 9 aromatic carbocycles. The Bertz CT molecular complexity index is 3300. The maximum atomic E-state index is 6.52. The molecule has 0 radical (unpaired) electrons. The molecule has 0 atom stereocenters. The molecule has 0 saturated heterocycles. The molecule has 2 aromatic heterocycles. The van der Waals surface area contributed by atoms with Gasteiger partial charge in [-0.05, 0) is 85.6 Å². The lowest BCUT2D eigenvalue weighted by molar-refractivity contribution is 0.669. The highest BCUT2D eigenvalue weighted by atomic mass is 16.3. The fourth-order valence-corrected chi connectivity index (χ4v) is 8.09. The molecule has 11 aromatic rings. The zero-order valence-corrected chi connectivity index (χ0v) is 32.0. The van der Waals surface area contributed by atoms with Gasteiger partial charge in [0, 0.05) is 27.5 Å². The lowest BCUT2D eigenvalue weighted by Gasteiger charge is -2.10. The third-order valence-corrected chi connectivity index (χ3v) is 11.1. The van der Waals surface area contributed by atoms with Gasteiger partial charge in [-0.1, -0.05) is 182 Å². The summed E-state index contributed by atoms with van der Waals surface area (Å²) in [6, 6.07) is 74.1. The summed E-state index contributed by atoms with van der Waals surface area (Å²) in [6.07, 6.45) is 0. The highest BCUT2D eigenvalue weighted by Crippen LogP contribution is 2.39. The molecule has 59 heavy (non-hydrogen) atoms. The summed E-state index contributed by atoms with van der Waals surface area (Å²) in [5, 5.41) is 4.67. The third kappa shape index (κ3) is 6.53. The predicted molar refractivity (Wildman–Crippen MR) is 243 cm³/mol. The van der Waals surface area contributed by atoms with Crippen molar-refractivity contribution in [1.29, 1.82) is 0 Å². The number of fused-ring (bicyclic) bond motifs is 4. The normalized spacial score (nSPS) is 11.4. The molecule has 0 amide bonds. The van der Waals surface area contributed by atoms with Gasteiger partial charge in [-0.2, -0.15) is 0 Å². The van der Waals surface area contributed by atoms with Crippen molar-refractivity contribution < 1.29 is 4.42 Å². The van der Waals surface area contributed by atoms with Crippen LogP contribution in [0.25, 0.3) is 111 Å². The number of aromatic nitrogens is 3. The average molecular weight is 754 g/mol. The van der Waals surface area contributed by atoms with Gasteiger partial charge < -0.3 is 4.42 Å². The summed E-state index contributed by atoms with van der Waals surface area (Å²) < 4.78 is 6.52. The van der Waals surface area contributed by atoms with E-state index in [-0.39, 0.29) is 0 Å². The summed E-state index contributed by atoms with van der Waals surface area (Å²) in [6.45, 7) is 0. The monoisotopic (exact) mass is 753 g/mol. The van der Waals surface area contributed by atoms with Crippen LogP contribution < -0.4 is 0 Å². The molecule has 0 aliphatic rings. The number of nitrogens with zero attached hydrogens (tertiary/aromatic N) is 3. The van der Waals surface area contributed by atoms with Gasteiger partial charge in [0.15, 0.2) is 17.5 Å². The minimum Gasteiger partial charge on any atom is -0.456 e. The molecule has 4 nitrogen and oxygen atoms in total. The van der Waals surface area contributed by atoms with Gasteiger partial charge in [-0.15, -0.1) is 0 Å². The van der Waals surface area contributed by atoms with E-state index in [1.54, 1.807) is 0 Å². The van der Waals surface area contributed by atoms with Crippen LogP contribution in [-0.2, 0) is 0 Å². The van der Waals surface area contributed by atoms with Crippen LogP contribution in [0, 0.1) is 0 Å². The SMILES string of the molecule is c1ccc(-c2cccc(-c3cccc4oc5cc(-c6ccc(-c7nc(-c8ccccc8)nc(-c8ccc(-c9ccc%10ccccc%10c9)cc8)n7)cc6)ccc5c34)c2)cc1. The van der Waals surface area contributed by atoms with Gasteiger partial charge in [0.25, 0.3) is 0 Å². The molecule has 0 saturated carbocycles. The van der Waals surface area contributed by atoms with Crippen LogP contribution >= 0.6 is 0 Å². The highest BCUT2D eigenvalue weighted by Gasteiger charge is 2.16. The summed E-state index contributed by atoms with van der Waals surface area (Å²) in [4.78, 5) is 15.0. The zero-order valence-electron chi connectivity index (χ0n) is 32.0. The first-order valence-corrected chi connectivity index (χ1v) is 19.8. The van der Waals surface area contributed by atoms with Crippen LogP contribution in [0.3, 0.4) is 0 Å². The number of hydrogen-bond donors (Lipinski definition) is 0. The Balaban J connectivity index is 0.920. The topological polar surface area (TPSA) is 51.8 Å². The van der Waals surface area contributed by atoms with Crippen molar-refractivity contribution in [2.45, 2.75) is 0 Å². The van der Waals surface area contributed by atoms with E-state index in [2.05, 4.69) is 182 Å². The molecular weight excluding hydrogens is 719 g/mol. The van der Waals surface area contributed by atoms with Crippen LogP contribution in [-0.4, -0.2) is 15.0 Å². The summed E-state index contributed by atoms with van der Waals surface area (Å²) in [7, 11) is 0. The Labute approximate surface area is 341 Å². The van der Waals surface area contributed by atoms with Crippen molar-refractivity contribution in [3.05, 3.63) is 212 Å². The summed E-state index contributed by atoms with van der Waals surface area (Å²) in [5.41, 5.74) is 13.7. The second-order valence-electron chi connectivity index (χ2n) is 14.8. The van der Waals surface area contributed by atoms with Crippen LogP contribution in [0.2, 0.25) is 0 Å².